The summed E-state index contributed by atoms with van der Waals surface area (Å²) in [5.41, 5.74) is 0. The van der Waals surface area contributed by atoms with Crippen molar-refractivity contribution in [1.29, 1.82) is 5.26 Å². The maximum absolute atomic E-state index is 11.0. The lowest BCUT2D eigenvalue weighted by atomic mass is 10.3. The lowest BCUT2D eigenvalue weighted by molar-refractivity contribution is -0.140. The molecule has 78 valence electrons. The molecule has 0 spiro atoms. The SMILES string of the molecule is CC(=O)NC(CS(=O)CC#N)C(=O)O. The molecule has 2 unspecified atom stereocenters. The molecule has 0 aliphatic heterocycles. The van der Waals surface area contributed by atoms with Crippen molar-refractivity contribution in [1.82, 2.24) is 5.32 Å². The van der Waals surface area contributed by atoms with Crippen LogP contribution in [0.15, 0.2) is 0 Å². The number of carbonyl (C=O) groups is 2. The summed E-state index contributed by atoms with van der Waals surface area (Å²) in [6, 6.07) is 0.466. The van der Waals surface area contributed by atoms with Crippen LogP contribution in [0.3, 0.4) is 0 Å². The molecule has 0 fully saturated rings. The van der Waals surface area contributed by atoms with Crippen LogP contribution in [0.25, 0.3) is 0 Å². The van der Waals surface area contributed by atoms with Gasteiger partial charge in [0.15, 0.2) is 0 Å². The van der Waals surface area contributed by atoms with Gasteiger partial charge >= 0.3 is 5.97 Å². The molecule has 0 bridgehead atoms. The number of rotatable bonds is 5. The molecule has 6 nitrogen and oxygen atoms in total. The van der Waals surface area contributed by atoms with E-state index in [1.807, 2.05) is 0 Å². The van der Waals surface area contributed by atoms with Gasteiger partial charge in [0.05, 0.1) is 11.8 Å². The standard InChI is InChI=1S/C7H10N2O4S/c1-5(10)9-6(7(11)12)4-14(13)3-2-8/h6H,3-4H2,1H3,(H,9,10)(H,11,12). The summed E-state index contributed by atoms with van der Waals surface area (Å²) in [6.45, 7) is 1.17. The molecule has 0 heterocycles. The van der Waals surface area contributed by atoms with Gasteiger partial charge in [-0.2, -0.15) is 5.26 Å². The maximum atomic E-state index is 11.0. The number of nitrogens with one attached hydrogen (secondary N) is 1. The average Bonchev–Trinajstić information content (AvgIpc) is 2.02. The number of nitriles is 1. The molecule has 0 radical (unpaired) electrons. The third-order valence-corrected chi connectivity index (χ3v) is 2.41. The number of hydrogen-bond donors (Lipinski definition) is 2. The second-order valence-electron chi connectivity index (χ2n) is 2.50. The summed E-state index contributed by atoms with van der Waals surface area (Å²) in [5.74, 6) is -2.25. The Hall–Kier alpha value is -1.42. The van der Waals surface area contributed by atoms with E-state index in [4.69, 9.17) is 10.4 Å². The number of hydrogen-bond acceptors (Lipinski definition) is 4. The monoisotopic (exact) mass is 218 g/mol. The van der Waals surface area contributed by atoms with Gasteiger partial charge in [-0.1, -0.05) is 0 Å². The first kappa shape index (κ1) is 12.6. The topological polar surface area (TPSA) is 107 Å². The van der Waals surface area contributed by atoms with E-state index >= 15 is 0 Å². The van der Waals surface area contributed by atoms with Crippen molar-refractivity contribution in [2.45, 2.75) is 13.0 Å². The first-order valence-electron chi connectivity index (χ1n) is 3.69. The number of carboxylic acids is 1. The second-order valence-corrected chi connectivity index (χ2v) is 4.00. The van der Waals surface area contributed by atoms with Crippen LogP contribution in [0.1, 0.15) is 6.92 Å². The van der Waals surface area contributed by atoms with Gasteiger partial charge < -0.3 is 10.4 Å². The molecular formula is C7H10N2O4S. The van der Waals surface area contributed by atoms with Crippen LogP contribution >= 0.6 is 0 Å². The second kappa shape index (κ2) is 6.10. The van der Waals surface area contributed by atoms with Crippen molar-refractivity contribution in [3.05, 3.63) is 0 Å². The largest absolute Gasteiger partial charge is 0.480 e. The predicted molar refractivity (Wildman–Crippen MR) is 48.7 cm³/mol. The summed E-state index contributed by atoms with van der Waals surface area (Å²) in [6.07, 6.45) is 0. The third kappa shape index (κ3) is 5.27. The van der Waals surface area contributed by atoms with E-state index in [0.717, 1.165) is 0 Å². The Morgan fingerprint density at radius 1 is 1.64 bits per heavy atom. The molecule has 2 atom stereocenters. The molecule has 0 saturated heterocycles. The Bertz CT molecular complexity index is 297. The van der Waals surface area contributed by atoms with Crippen molar-refractivity contribution >= 4 is 22.7 Å². The number of amides is 1. The highest BCUT2D eigenvalue weighted by Gasteiger charge is 2.20. The van der Waals surface area contributed by atoms with Crippen LogP contribution in [0.4, 0.5) is 0 Å². The van der Waals surface area contributed by atoms with E-state index in [1.54, 1.807) is 6.07 Å². The van der Waals surface area contributed by atoms with E-state index in [9.17, 15) is 13.8 Å². The summed E-state index contributed by atoms with van der Waals surface area (Å²) in [7, 11) is -1.54. The van der Waals surface area contributed by atoms with Crippen LogP contribution in [0, 0.1) is 11.3 Å². The summed E-state index contributed by atoms with van der Waals surface area (Å²) < 4.78 is 11.0. The van der Waals surface area contributed by atoms with E-state index in [1.165, 1.54) is 6.92 Å². The lowest BCUT2D eigenvalue weighted by Crippen LogP contribution is -2.43. The highest BCUT2D eigenvalue weighted by atomic mass is 32.2. The highest BCUT2D eigenvalue weighted by molar-refractivity contribution is 7.85. The minimum absolute atomic E-state index is 0.233. The molecular weight excluding hydrogens is 208 g/mol. The van der Waals surface area contributed by atoms with Crippen LogP contribution in [0.5, 0.6) is 0 Å². The Balaban J connectivity index is 4.24. The Morgan fingerprint density at radius 3 is 2.57 bits per heavy atom. The zero-order valence-electron chi connectivity index (χ0n) is 7.52. The van der Waals surface area contributed by atoms with Gasteiger partial charge in [0.1, 0.15) is 11.8 Å². The molecule has 7 heteroatoms. The molecule has 0 aliphatic carbocycles. The number of nitrogens with zero attached hydrogens (tertiary/aromatic N) is 1. The number of carbonyl (C=O) groups excluding carboxylic acids is 1. The van der Waals surface area contributed by atoms with E-state index in [2.05, 4.69) is 5.32 Å². The minimum Gasteiger partial charge on any atom is -0.480 e. The number of aliphatic carboxylic acids is 1. The van der Waals surface area contributed by atoms with Crippen LogP contribution in [-0.4, -0.2) is 38.7 Å². The number of carboxylic acid groups (broad SMARTS) is 1. The van der Waals surface area contributed by atoms with Gasteiger partial charge in [-0.15, -0.1) is 0 Å². The van der Waals surface area contributed by atoms with Crippen molar-refractivity contribution in [3.63, 3.8) is 0 Å². The fraction of sp³-hybridized carbons (Fsp3) is 0.571. The third-order valence-electron chi connectivity index (χ3n) is 1.25. The first-order valence-corrected chi connectivity index (χ1v) is 5.18. The van der Waals surface area contributed by atoms with Crippen LogP contribution in [0.2, 0.25) is 0 Å². The molecule has 0 rings (SSSR count). The smallest absolute Gasteiger partial charge is 0.327 e. The van der Waals surface area contributed by atoms with Gasteiger partial charge in [-0.25, -0.2) is 4.79 Å². The van der Waals surface area contributed by atoms with E-state index in [0.29, 0.717) is 0 Å². The predicted octanol–water partition coefficient (Wildman–Crippen LogP) is -1.15. The molecule has 0 aliphatic rings. The Labute approximate surface area is 83.4 Å². The minimum atomic E-state index is -1.54. The highest BCUT2D eigenvalue weighted by Crippen LogP contribution is 1.91. The quantitative estimate of drug-likeness (QED) is 0.605. The zero-order chi connectivity index (χ0) is 11.1. The fourth-order valence-electron chi connectivity index (χ4n) is 0.737. The fourth-order valence-corrected chi connectivity index (χ4v) is 1.60. The summed E-state index contributed by atoms with van der Waals surface area (Å²) in [4.78, 5) is 21.1. The van der Waals surface area contributed by atoms with E-state index < -0.39 is 28.7 Å². The van der Waals surface area contributed by atoms with Crippen LogP contribution in [-0.2, 0) is 20.4 Å². The van der Waals surface area contributed by atoms with Gasteiger partial charge in [0.25, 0.3) is 0 Å². The van der Waals surface area contributed by atoms with Gasteiger partial charge in [0, 0.05) is 17.7 Å². The first-order chi connectivity index (χ1) is 6.47. The zero-order valence-corrected chi connectivity index (χ0v) is 8.34. The van der Waals surface area contributed by atoms with Crippen molar-refractivity contribution in [3.8, 4) is 6.07 Å². The Kier molecular flexibility index (Phi) is 5.48. The Morgan fingerprint density at radius 2 is 2.21 bits per heavy atom. The average molecular weight is 218 g/mol. The molecule has 0 aromatic carbocycles. The molecule has 0 saturated carbocycles. The van der Waals surface area contributed by atoms with Crippen LogP contribution < -0.4 is 5.32 Å². The van der Waals surface area contributed by atoms with E-state index in [-0.39, 0.29) is 11.5 Å². The molecule has 2 N–H and O–H groups in total. The van der Waals surface area contributed by atoms with Gasteiger partial charge in [-0.3, -0.25) is 9.00 Å². The molecule has 0 aromatic rings. The summed E-state index contributed by atoms with van der Waals surface area (Å²) in [5, 5.41) is 18.9. The van der Waals surface area contributed by atoms with Crippen molar-refractivity contribution in [2.75, 3.05) is 11.5 Å². The normalized spacial score (nSPS) is 13.7. The van der Waals surface area contributed by atoms with Crippen molar-refractivity contribution in [2.24, 2.45) is 0 Å². The van der Waals surface area contributed by atoms with Gasteiger partial charge in [0.2, 0.25) is 5.91 Å². The lowest BCUT2D eigenvalue weighted by Gasteiger charge is -2.11. The maximum Gasteiger partial charge on any atom is 0.327 e. The molecule has 14 heavy (non-hydrogen) atoms. The van der Waals surface area contributed by atoms with Gasteiger partial charge in [-0.05, 0) is 0 Å². The summed E-state index contributed by atoms with van der Waals surface area (Å²) >= 11 is 0. The molecule has 0 aromatic heterocycles. The van der Waals surface area contributed by atoms with Crippen molar-refractivity contribution < 1.29 is 18.9 Å². The molecule has 1 amide bonds.